The first-order valence-corrected chi connectivity index (χ1v) is 5.94. The molecule has 0 aliphatic rings. The van der Waals surface area contributed by atoms with Gasteiger partial charge in [0, 0.05) is 16.1 Å². The van der Waals surface area contributed by atoms with E-state index in [2.05, 4.69) is 0 Å². The SMILES string of the molecule is COc1cccc(C(=O)c2cc(C)cc(Cl)c2)c1. The second kappa shape index (κ2) is 5.23. The molecule has 0 saturated heterocycles. The zero-order valence-corrected chi connectivity index (χ0v) is 11.0. The minimum Gasteiger partial charge on any atom is -0.497 e. The van der Waals surface area contributed by atoms with Crippen molar-refractivity contribution in [1.29, 1.82) is 0 Å². The van der Waals surface area contributed by atoms with E-state index in [0.29, 0.717) is 21.9 Å². The maximum atomic E-state index is 12.3. The largest absolute Gasteiger partial charge is 0.497 e. The molecule has 3 heteroatoms. The van der Waals surface area contributed by atoms with Gasteiger partial charge >= 0.3 is 0 Å². The second-order valence-corrected chi connectivity index (χ2v) is 4.51. The molecule has 0 aliphatic heterocycles. The highest BCUT2D eigenvalue weighted by molar-refractivity contribution is 6.31. The van der Waals surface area contributed by atoms with Gasteiger partial charge in [0.05, 0.1) is 7.11 Å². The van der Waals surface area contributed by atoms with E-state index in [1.54, 1.807) is 37.4 Å². The third kappa shape index (κ3) is 2.71. The van der Waals surface area contributed by atoms with Crippen molar-refractivity contribution in [1.82, 2.24) is 0 Å². The average Bonchev–Trinajstić information content (AvgIpc) is 2.37. The van der Waals surface area contributed by atoms with Crippen molar-refractivity contribution in [2.24, 2.45) is 0 Å². The van der Waals surface area contributed by atoms with E-state index >= 15 is 0 Å². The van der Waals surface area contributed by atoms with Crippen LogP contribution in [0.2, 0.25) is 5.02 Å². The zero-order chi connectivity index (χ0) is 13.1. The van der Waals surface area contributed by atoms with E-state index in [-0.39, 0.29) is 5.78 Å². The van der Waals surface area contributed by atoms with Crippen LogP contribution in [0.1, 0.15) is 21.5 Å². The number of halogens is 1. The molecule has 0 aliphatic carbocycles. The number of rotatable bonds is 3. The molecule has 0 fully saturated rings. The first kappa shape index (κ1) is 12.7. The van der Waals surface area contributed by atoms with Crippen LogP contribution < -0.4 is 4.74 Å². The van der Waals surface area contributed by atoms with Crippen LogP contribution in [-0.2, 0) is 0 Å². The number of hydrogen-bond donors (Lipinski definition) is 0. The lowest BCUT2D eigenvalue weighted by Gasteiger charge is -2.05. The summed E-state index contributed by atoms with van der Waals surface area (Å²) in [6, 6.07) is 12.4. The summed E-state index contributed by atoms with van der Waals surface area (Å²) in [7, 11) is 1.58. The molecule has 0 bridgehead atoms. The maximum absolute atomic E-state index is 12.3. The molecule has 0 amide bonds. The van der Waals surface area contributed by atoms with Crippen molar-refractivity contribution < 1.29 is 9.53 Å². The Balaban J connectivity index is 2.41. The maximum Gasteiger partial charge on any atom is 0.193 e. The fourth-order valence-corrected chi connectivity index (χ4v) is 2.09. The summed E-state index contributed by atoms with van der Waals surface area (Å²) < 4.78 is 5.11. The lowest BCUT2D eigenvalue weighted by molar-refractivity contribution is 0.103. The van der Waals surface area contributed by atoms with E-state index in [0.717, 1.165) is 5.56 Å². The topological polar surface area (TPSA) is 26.3 Å². The van der Waals surface area contributed by atoms with Crippen LogP contribution in [0.5, 0.6) is 5.75 Å². The lowest BCUT2D eigenvalue weighted by atomic mass is 10.0. The minimum atomic E-state index is -0.0560. The smallest absolute Gasteiger partial charge is 0.193 e. The Morgan fingerprint density at radius 1 is 1.11 bits per heavy atom. The van der Waals surface area contributed by atoms with Gasteiger partial charge in [-0.25, -0.2) is 0 Å². The van der Waals surface area contributed by atoms with Crippen LogP contribution in [0.4, 0.5) is 0 Å². The molecule has 2 nitrogen and oxygen atoms in total. The summed E-state index contributed by atoms with van der Waals surface area (Å²) in [6.45, 7) is 1.91. The second-order valence-electron chi connectivity index (χ2n) is 4.08. The molecule has 0 spiro atoms. The van der Waals surface area contributed by atoms with Crippen LogP contribution >= 0.6 is 11.6 Å². The Kier molecular flexibility index (Phi) is 3.68. The van der Waals surface area contributed by atoms with E-state index in [4.69, 9.17) is 16.3 Å². The van der Waals surface area contributed by atoms with Crippen molar-refractivity contribution >= 4 is 17.4 Å². The van der Waals surface area contributed by atoms with Crippen molar-refractivity contribution in [2.45, 2.75) is 6.92 Å². The minimum absolute atomic E-state index is 0.0560. The van der Waals surface area contributed by atoms with Crippen molar-refractivity contribution in [3.8, 4) is 5.75 Å². The highest BCUT2D eigenvalue weighted by Gasteiger charge is 2.11. The Hall–Kier alpha value is -1.80. The molecule has 0 unspecified atom stereocenters. The third-order valence-electron chi connectivity index (χ3n) is 2.64. The van der Waals surface area contributed by atoms with Gasteiger partial charge in [0.2, 0.25) is 0 Å². The number of methoxy groups -OCH3 is 1. The van der Waals surface area contributed by atoms with Crippen LogP contribution in [0.15, 0.2) is 42.5 Å². The molecule has 0 heterocycles. The molecular weight excluding hydrogens is 248 g/mol. The summed E-state index contributed by atoms with van der Waals surface area (Å²) in [5.41, 5.74) is 2.15. The summed E-state index contributed by atoms with van der Waals surface area (Å²) >= 11 is 5.96. The van der Waals surface area contributed by atoms with Crippen molar-refractivity contribution in [3.63, 3.8) is 0 Å². The molecule has 18 heavy (non-hydrogen) atoms. The monoisotopic (exact) mass is 260 g/mol. The number of ketones is 1. The Labute approximate surface area is 111 Å². The fraction of sp³-hybridized carbons (Fsp3) is 0.133. The highest BCUT2D eigenvalue weighted by Crippen LogP contribution is 2.20. The predicted molar refractivity (Wildman–Crippen MR) is 72.6 cm³/mol. The van der Waals surface area contributed by atoms with Gasteiger partial charge in [0.1, 0.15) is 5.75 Å². The van der Waals surface area contributed by atoms with Crippen LogP contribution in [-0.4, -0.2) is 12.9 Å². The summed E-state index contributed by atoms with van der Waals surface area (Å²) in [5, 5.41) is 0.571. The number of hydrogen-bond acceptors (Lipinski definition) is 2. The lowest BCUT2D eigenvalue weighted by Crippen LogP contribution is -2.02. The van der Waals surface area contributed by atoms with Gasteiger partial charge in [0.15, 0.2) is 5.78 Å². The van der Waals surface area contributed by atoms with E-state index < -0.39 is 0 Å². The van der Waals surface area contributed by atoms with Crippen molar-refractivity contribution in [2.75, 3.05) is 7.11 Å². The summed E-state index contributed by atoms with van der Waals surface area (Å²) in [4.78, 5) is 12.3. The zero-order valence-electron chi connectivity index (χ0n) is 10.2. The molecule has 0 N–H and O–H groups in total. The standard InChI is InChI=1S/C15H13ClO2/c1-10-6-12(8-13(16)7-10)15(17)11-4-3-5-14(9-11)18-2/h3-9H,1-2H3. The first-order valence-electron chi connectivity index (χ1n) is 5.56. The first-order chi connectivity index (χ1) is 8.60. The highest BCUT2D eigenvalue weighted by atomic mass is 35.5. The predicted octanol–water partition coefficient (Wildman–Crippen LogP) is 3.89. The van der Waals surface area contributed by atoms with Gasteiger partial charge in [-0.05, 0) is 42.8 Å². The Bertz CT molecular complexity index is 571. The van der Waals surface area contributed by atoms with Crippen LogP contribution in [0.25, 0.3) is 0 Å². The number of carbonyl (C=O) groups is 1. The Morgan fingerprint density at radius 3 is 2.56 bits per heavy atom. The number of carbonyl (C=O) groups excluding carboxylic acids is 1. The number of aryl methyl sites for hydroxylation is 1. The van der Waals surface area contributed by atoms with Gasteiger partial charge in [0.25, 0.3) is 0 Å². The van der Waals surface area contributed by atoms with Gasteiger partial charge in [-0.3, -0.25) is 4.79 Å². The quantitative estimate of drug-likeness (QED) is 0.783. The molecule has 0 radical (unpaired) electrons. The Morgan fingerprint density at radius 2 is 1.89 bits per heavy atom. The molecule has 2 aromatic carbocycles. The molecule has 2 aromatic rings. The molecule has 92 valence electrons. The third-order valence-corrected chi connectivity index (χ3v) is 2.85. The fourth-order valence-electron chi connectivity index (χ4n) is 1.80. The molecule has 2 rings (SSSR count). The summed E-state index contributed by atoms with van der Waals surface area (Å²) in [5.74, 6) is 0.610. The van der Waals surface area contributed by atoms with Gasteiger partial charge in [-0.15, -0.1) is 0 Å². The van der Waals surface area contributed by atoms with E-state index in [1.165, 1.54) is 0 Å². The number of benzene rings is 2. The normalized spacial score (nSPS) is 10.2. The average molecular weight is 261 g/mol. The summed E-state index contributed by atoms with van der Waals surface area (Å²) in [6.07, 6.45) is 0. The van der Waals surface area contributed by atoms with Gasteiger partial charge < -0.3 is 4.74 Å². The number of ether oxygens (including phenoxy) is 1. The molecule has 0 aromatic heterocycles. The van der Waals surface area contributed by atoms with Crippen molar-refractivity contribution in [3.05, 3.63) is 64.2 Å². The molecular formula is C15H13ClO2. The molecule has 0 atom stereocenters. The van der Waals surface area contributed by atoms with Crippen LogP contribution in [0, 0.1) is 6.92 Å². The van der Waals surface area contributed by atoms with E-state index in [9.17, 15) is 4.79 Å². The van der Waals surface area contributed by atoms with E-state index in [1.807, 2.05) is 19.1 Å². The van der Waals surface area contributed by atoms with Gasteiger partial charge in [-0.2, -0.15) is 0 Å². The molecule has 0 saturated carbocycles. The van der Waals surface area contributed by atoms with Gasteiger partial charge in [-0.1, -0.05) is 23.7 Å². The van der Waals surface area contributed by atoms with Crippen LogP contribution in [0.3, 0.4) is 0 Å².